The largest absolute Gasteiger partial charge is 0.356 e. The molecule has 1 aromatic rings. The van der Waals surface area contributed by atoms with Gasteiger partial charge in [0.1, 0.15) is 0 Å². The molecule has 0 aliphatic heterocycles. The molecular formula is C20H30IN5O3. The number of carbonyl (C=O) groups excluding carboxylic acids is 1. The predicted molar refractivity (Wildman–Crippen MR) is 126 cm³/mol. The number of nitro groups is 1. The van der Waals surface area contributed by atoms with E-state index in [1.807, 2.05) is 0 Å². The lowest BCUT2D eigenvalue weighted by Gasteiger charge is -2.16. The van der Waals surface area contributed by atoms with Crippen molar-refractivity contribution in [3.05, 3.63) is 51.6 Å². The highest BCUT2D eigenvalue weighted by Gasteiger charge is 2.08. The van der Waals surface area contributed by atoms with Gasteiger partial charge in [0.05, 0.1) is 18.0 Å². The number of hydrogen-bond acceptors (Lipinski definition) is 4. The maximum absolute atomic E-state index is 11.9. The zero-order valence-electron chi connectivity index (χ0n) is 17.0. The number of nitrogens with zero attached hydrogens (tertiary/aromatic N) is 3. The Kier molecular flexibility index (Phi) is 11.3. The summed E-state index contributed by atoms with van der Waals surface area (Å²) in [7, 11) is 3.42. The molecular weight excluding hydrogens is 485 g/mol. The normalized spacial score (nSPS) is 13.7. The summed E-state index contributed by atoms with van der Waals surface area (Å²) >= 11 is 0. The van der Waals surface area contributed by atoms with E-state index < -0.39 is 4.92 Å². The van der Waals surface area contributed by atoms with E-state index in [1.54, 1.807) is 26.2 Å². The van der Waals surface area contributed by atoms with Crippen LogP contribution in [0.15, 0.2) is 40.9 Å². The molecule has 0 aromatic heterocycles. The first-order valence-corrected chi connectivity index (χ1v) is 9.59. The Labute approximate surface area is 189 Å². The molecule has 0 spiro atoms. The van der Waals surface area contributed by atoms with Gasteiger partial charge in [-0.3, -0.25) is 14.9 Å². The highest BCUT2D eigenvalue weighted by atomic mass is 127. The summed E-state index contributed by atoms with van der Waals surface area (Å²) in [5.41, 5.74) is 2.39. The number of likely N-dealkylation sites (N-methyl/N-ethyl adjacent to an activating group) is 1. The van der Waals surface area contributed by atoms with E-state index in [4.69, 9.17) is 0 Å². The molecule has 0 saturated carbocycles. The number of rotatable bonds is 8. The van der Waals surface area contributed by atoms with Crippen LogP contribution in [0.1, 0.15) is 37.7 Å². The Morgan fingerprint density at radius 2 is 1.93 bits per heavy atom. The molecule has 2 N–H and O–H groups in total. The molecule has 2 rings (SSSR count). The molecule has 1 aromatic carbocycles. The van der Waals surface area contributed by atoms with Crippen molar-refractivity contribution in [3.8, 4) is 0 Å². The summed E-state index contributed by atoms with van der Waals surface area (Å²) in [6.07, 6.45) is 8.12. The second-order valence-electron chi connectivity index (χ2n) is 7.02. The third kappa shape index (κ3) is 9.25. The minimum atomic E-state index is -0.422. The summed E-state index contributed by atoms with van der Waals surface area (Å²) in [5, 5.41) is 17.1. The van der Waals surface area contributed by atoms with Crippen molar-refractivity contribution in [1.82, 2.24) is 15.5 Å². The molecule has 29 heavy (non-hydrogen) atoms. The molecule has 0 bridgehead atoms. The number of carbonyl (C=O) groups is 1. The molecule has 1 aliphatic carbocycles. The molecule has 0 unspecified atom stereocenters. The Morgan fingerprint density at radius 3 is 2.52 bits per heavy atom. The lowest BCUT2D eigenvalue weighted by atomic mass is 9.97. The fourth-order valence-corrected chi connectivity index (χ4v) is 2.86. The summed E-state index contributed by atoms with van der Waals surface area (Å²) in [6, 6.07) is 6.32. The van der Waals surface area contributed by atoms with Gasteiger partial charge in [-0.1, -0.05) is 23.8 Å². The minimum Gasteiger partial charge on any atom is -0.356 e. The Hall–Kier alpha value is -2.17. The number of aliphatic imine (C=N–C) groups is 1. The fraction of sp³-hybridized carbons (Fsp3) is 0.500. The Bertz CT molecular complexity index is 732. The molecule has 1 aliphatic rings. The van der Waals surface area contributed by atoms with Crippen LogP contribution in [-0.2, 0) is 11.3 Å². The van der Waals surface area contributed by atoms with Gasteiger partial charge in [-0.05, 0) is 37.7 Å². The molecule has 8 nitrogen and oxygen atoms in total. The summed E-state index contributed by atoms with van der Waals surface area (Å²) in [4.78, 5) is 28.2. The van der Waals surface area contributed by atoms with Gasteiger partial charge in [0.25, 0.3) is 5.69 Å². The van der Waals surface area contributed by atoms with Gasteiger partial charge < -0.3 is 15.5 Å². The zero-order valence-corrected chi connectivity index (χ0v) is 19.3. The minimum absolute atomic E-state index is 0. The summed E-state index contributed by atoms with van der Waals surface area (Å²) in [6.45, 7) is 1.27. The lowest BCUT2D eigenvalue weighted by Crippen LogP contribution is -2.43. The fourth-order valence-electron chi connectivity index (χ4n) is 2.86. The van der Waals surface area contributed by atoms with E-state index in [1.165, 1.54) is 35.4 Å². The van der Waals surface area contributed by atoms with Gasteiger partial charge in [-0.15, -0.1) is 24.0 Å². The van der Waals surface area contributed by atoms with Crippen molar-refractivity contribution in [1.29, 1.82) is 0 Å². The number of allylic oxidation sites excluding steroid dienone is 1. The van der Waals surface area contributed by atoms with E-state index in [0.717, 1.165) is 31.4 Å². The standard InChI is InChI=1S/C20H29N5O3.HI/c1-24(2)19(26)15-23-20(21-13-12-16-6-4-3-5-7-16)22-14-17-8-10-18(11-9-17)25(27)28;/h6,8-11H,3-5,7,12-15H2,1-2H3,(H2,21,22,23);1H. The first-order chi connectivity index (χ1) is 13.5. The topological polar surface area (TPSA) is 99.9 Å². The van der Waals surface area contributed by atoms with Crippen molar-refractivity contribution in [3.63, 3.8) is 0 Å². The lowest BCUT2D eigenvalue weighted by molar-refractivity contribution is -0.384. The molecule has 160 valence electrons. The predicted octanol–water partition coefficient (Wildman–Crippen LogP) is 3.23. The smallest absolute Gasteiger partial charge is 0.269 e. The van der Waals surface area contributed by atoms with E-state index >= 15 is 0 Å². The van der Waals surface area contributed by atoms with Crippen molar-refractivity contribution in [2.24, 2.45) is 4.99 Å². The van der Waals surface area contributed by atoms with Gasteiger partial charge in [0, 0.05) is 32.8 Å². The maximum atomic E-state index is 11.9. The van der Waals surface area contributed by atoms with Gasteiger partial charge in [-0.2, -0.15) is 0 Å². The SMILES string of the molecule is CN(C)C(=O)CNC(=NCc1ccc([N+](=O)[O-])cc1)NCCC1=CCCCC1.I. The highest BCUT2D eigenvalue weighted by molar-refractivity contribution is 14.0. The number of halogens is 1. The van der Waals surface area contributed by atoms with E-state index in [2.05, 4.69) is 21.7 Å². The molecule has 0 atom stereocenters. The first-order valence-electron chi connectivity index (χ1n) is 9.59. The van der Waals surface area contributed by atoms with E-state index in [-0.39, 0.29) is 42.1 Å². The molecule has 0 heterocycles. The molecule has 0 saturated heterocycles. The average molecular weight is 515 g/mol. The van der Waals surface area contributed by atoms with Crippen LogP contribution in [0.5, 0.6) is 0 Å². The highest BCUT2D eigenvalue weighted by Crippen LogP contribution is 2.19. The van der Waals surface area contributed by atoms with Crippen molar-refractivity contribution >= 4 is 41.5 Å². The second kappa shape index (κ2) is 13.1. The van der Waals surface area contributed by atoms with Crippen LogP contribution >= 0.6 is 24.0 Å². The number of hydrogen-bond donors (Lipinski definition) is 2. The van der Waals surface area contributed by atoms with Crippen LogP contribution < -0.4 is 10.6 Å². The number of amides is 1. The molecule has 0 radical (unpaired) electrons. The Morgan fingerprint density at radius 1 is 1.21 bits per heavy atom. The molecule has 9 heteroatoms. The van der Waals surface area contributed by atoms with Gasteiger partial charge in [-0.25, -0.2) is 4.99 Å². The van der Waals surface area contributed by atoms with Crippen molar-refractivity contribution in [2.45, 2.75) is 38.6 Å². The van der Waals surface area contributed by atoms with Gasteiger partial charge in [0.15, 0.2) is 5.96 Å². The van der Waals surface area contributed by atoms with Crippen LogP contribution in [0.4, 0.5) is 5.69 Å². The number of nitro benzene ring substituents is 1. The van der Waals surface area contributed by atoms with Gasteiger partial charge in [0.2, 0.25) is 5.91 Å². The van der Waals surface area contributed by atoms with Crippen molar-refractivity contribution in [2.75, 3.05) is 27.2 Å². The van der Waals surface area contributed by atoms with Gasteiger partial charge >= 0.3 is 0 Å². The van der Waals surface area contributed by atoms with Crippen LogP contribution in [0.2, 0.25) is 0 Å². The van der Waals surface area contributed by atoms with E-state index in [9.17, 15) is 14.9 Å². The zero-order chi connectivity index (χ0) is 20.4. The quantitative estimate of drug-likeness (QED) is 0.138. The third-order valence-electron chi connectivity index (χ3n) is 4.60. The Balaban J connectivity index is 0.00000420. The number of guanidine groups is 1. The molecule has 1 amide bonds. The second-order valence-corrected chi connectivity index (χ2v) is 7.02. The van der Waals surface area contributed by atoms with Crippen LogP contribution in [0, 0.1) is 10.1 Å². The number of nitrogens with one attached hydrogen (secondary N) is 2. The monoisotopic (exact) mass is 515 g/mol. The first kappa shape index (κ1) is 24.9. The number of non-ortho nitro benzene ring substituents is 1. The number of benzene rings is 1. The van der Waals surface area contributed by atoms with Crippen molar-refractivity contribution < 1.29 is 9.72 Å². The third-order valence-corrected chi connectivity index (χ3v) is 4.60. The summed E-state index contributed by atoms with van der Waals surface area (Å²) < 4.78 is 0. The summed E-state index contributed by atoms with van der Waals surface area (Å²) in [5.74, 6) is 0.518. The van der Waals surface area contributed by atoms with E-state index in [0.29, 0.717) is 12.5 Å². The van der Waals surface area contributed by atoms with Crippen LogP contribution in [0.3, 0.4) is 0 Å². The maximum Gasteiger partial charge on any atom is 0.269 e. The van der Waals surface area contributed by atoms with Crippen LogP contribution in [-0.4, -0.2) is 48.9 Å². The van der Waals surface area contributed by atoms with Crippen LogP contribution in [0.25, 0.3) is 0 Å². The molecule has 0 fully saturated rings. The average Bonchev–Trinajstić information content (AvgIpc) is 2.70.